The standard InChI is InChI=1S/C53H50BNOSi/c1-32(2)37-30-40(33(3)4)52(41(31-37)34(5)6)54-42-18-11-12-20-46(42)56-47-21-15-19-45(53(47)54)55-43-26-24-35(7)28-50(43)57(51-29-36(8)25-27-44(51)55)48-22-13-9-16-38(48)39-17-10-14-23-49(39)57/h9-34H,1-8H3. The van der Waals surface area contributed by atoms with Gasteiger partial charge in [0, 0.05) is 17.1 Å². The first kappa shape index (κ1) is 35.8. The molecule has 0 atom stereocenters. The van der Waals surface area contributed by atoms with Crippen molar-refractivity contribution in [2.45, 2.75) is 73.1 Å². The van der Waals surface area contributed by atoms with Gasteiger partial charge in [0.2, 0.25) is 0 Å². The van der Waals surface area contributed by atoms with Gasteiger partial charge in [-0.3, -0.25) is 0 Å². The zero-order valence-corrected chi connectivity index (χ0v) is 35.4. The summed E-state index contributed by atoms with van der Waals surface area (Å²) in [6, 6.07) is 53.6. The molecule has 3 aliphatic heterocycles. The number of ether oxygens (including phenoxy) is 1. The SMILES string of the molecule is Cc1ccc2c(c1)[Si]1(c3ccccc3-c3ccccc31)c1cc(C)ccc1N2c1cccc2c1B(c1c(C(C)C)cc(C(C)C)cc1C(C)C)c1ccccc1O2. The maximum Gasteiger partial charge on any atom is 0.254 e. The van der Waals surface area contributed by atoms with E-state index < -0.39 is 8.07 Å². The lowest BCUT2D eigenvalue weighted by Crippen LogP contribution is -2.75. The number of para-hydroxylation sites is 1. The molecule has 1 spiro atoms. The first-order chi connectivity index (χ1) is 27.6. The molecule has 0 radical (unpaired) electrons. The molecule has 7 aromatic carbocycles. The van der Waals surface area contributed by atoms with Gasteiger partial charge in [0.15, 0.2) is 8.07 Å². The number of rotatable bonds is 5. The monoisotopic (exact) mass is 755 g/mol. The van der Waals surface area contributed by atoms with Crippen molar-refractivity contribution in [3.05, 3.63) is 167 Å². The number of aryl methyl sites for hydroxylation is 2. The van der Waals surface area contributed by atoms with E-state index >= 15 is 0 Å². The van der Waals surface area contributed by atoms with Crippen molar-refractivity contribution < 1.29 is 4.74 Å². The lowest BCUT2D eigenvalue weighted by Gasteiger charge is -2.45. The van der Waals surface area contributed by atoms with E-state index in [9.17, 15) is 0 Å². The Hall–Kier alpha value is -5.58. The van der Waals surface area contributed by atoms with Crippen LogP contribution < -0.4 is 46.8 Å². The summed E-state index contributed by atoms with van der Waals surface area (Å²) in [5, 5.41) is 5.89. The number of nitrogens with zero attached hydrogens (tertiary/aromatic N) is 1. The van der Waals surface area contributed by atoms with Crippen LogP contribution in [0.4, 0.5) is 17.1 Å². The van der Waals surface area contributed by atoms with Gasteiger partial charge in [0.25, 0.3) is 6.71 Å². The molecule has 7 aromatic rings. The molecule has 4 heteroatoms. The molecule has 280 valence electrons. The summed E-state index contributed by atoms with van der Waals surface area (Å²) < 4.78 is 7.01. The fraction of sp³-hybridized carbons (Fsp3) is 0.208. The van der Waals surface area contributed by atoms with Crippen LogP contribution in [0.1, 0.15) is 87.1 Å². The second kappa shape index (κ2) is 13.2. The van der Waals surface area contributed by atoms with Gasteiger partial charge >= 0.3 is 0 Å². The van der Waals surface area contributed by atoms with Crippen LogP contribution in [-0.4, -0.2) is 14.8 Å². The highest BCUT2D eigenvalue weighted by molar-refractivity contribution is 7.23. The predicted molar refractivity (Wildman–Crippen MR) is 247 cm³/mol. The van der Waals surface area contributed by atoms with Gasteiger partial charge in [-0.2, -0.15) is 0 Å². The van der Waals surface area contributed by atoms with Crippen molar-refractivity contribution in [3.63, 3.8) is 0 Å². The van der Waals surface area contributed by atoms with Gasteiger partial charge in [-0.15, -0.1) is 0 Å². The Morgan fingerprint density at radius 2 is 1.00 bits per heavy atom. The lowest BCUT2D eigenvalue weighted by molar-refractivity contribution is 0.487. The summed E-state index contributed by atoms with van der Waals surface area (Å²) in [6.45, 7) is 18.6. The maximum absolute atomic E-state index is 7.01. The molecule has 0 aliphatic carbocycles. The molecule has 0 N–H and O–H groups in total. The number of benzene rings is 7. The van der Waals surface area contributed by atoms with E-state index in [0.717, 1.165) is 11.5 Å². The van der Waals surface area contributed by atoms with Crippen LogP contribution in [-0.2, 0) is 0 Å². The summed E-state index contributed by atoms with van der Waals surface area (Å²) in [6.07, 6.45) is 0. The van der Waals surface area contributed by atoms with Crippen LogP contribution in [0.15, 0.2) is 140 Å². The van der Waals surface area contributed by atoms with Crippen LogP contribution in [0.25, 0.3) is 11.1 Å². The minimum atomic E-state index is -2.75. The Morgan fingerprint density at radius 3 is 1.56 bits per heavy atom. The van der Waals surface area contributed by atoms with Crippen LogP contribution in [0.5, 0.6) is 11.5 Å². The molecular formula is C53H50BNOSi. The Morgan fingerprint density at radius 1 is 0.474 bits per heavy atom. The third kappa shape index (κ3) is 5.16. The first-order valence-electron chi connectivity index (χ1n) is 20.9. The molecule has 0 unspecified atom stereocenters. The van der Waals surface area contributed by atoms with E-state index in [-0.39, 0.29) is 6.71 Å². The van der Waals surface area contributed by atoms with Gasteiger partial charge < -0.3 is 9.64 Å². The van der Waals surface area contributed by atoms with Gasteiger partial charge in [-0.1, -0.05) is 167 Å². The molecular weight excluding hydrogens is 705 g/mol. The first-order valence-corrected chi connectivity index (χ1v) is 22.9. The van der Waals surface area contributed by atoms with Crippen molar-refractivity contribution in [3.8, 4) is 22.6 Å². The van der Waals surface area contributed by atoms with Gasteiger partial charge in [0.1, 0.15) is 11.5 Å². The molecule has 0 saturated carbocycles. The van der Waals surface area contributed by atoms with E-state index in [2.05, 4.69) is 200 Å². The van der Waals surface area contributed by atoms with Crippen molar-refractivity contribution in [2.24, 2.45) is 0 Å². The van der Waals surface area contributed by atoms with Crippen LogP contribution in [0.2, 0.25) is 0 Å². The van der Waals surface area contributed by atoms with Crippen molar-refractivity contribution >= 4 is 69.0 Å². The Bertz CT molecular complexity index is 2630. The van der Waals surface area contributed by atoms with Crippen LogP contribution in [0, 0.1) is 13.8 Å². The normalized spacial score (nSPS) is 14.3. The maximum atomic E-state index is 7.01. The molecule has 2 nitrogen and oxygen atoms in total. The smallest absolute Gasteiger partial charge is 0.254 e. The van der Waals surface area contributed by atoms with E-state index in [1.54, 1.807) is 0 Å². The van der Waals surface area contributed by atoms with E-state index in [0.29, 0.717) is 17.8 Å². The second-order valence-electron chi connectivity index (χ2n) is 17.6. The summed E-state index contributed by atoms with van der Waals surface area (Å²) in [5.74, 6) is 3.01. The van der Waals surface area contributed by atoms with Gasteiger partial charge in [0.05, 0.1) is 0 Å². The van der Waals surface area contributed by atoms with Crippen molar-refractivity contribution in [2.75, 3.05) is 4.90 Å². The van der Waals surface area contributed by atoms with Crippen molar-refractivity contribution in [1.82, 2.24) is 0 Å². The van der Waals surface area contributed by atoms with E-state index in [1.807, 2.05) is 0 Å². The third-order valence-electron chi connectivity index (χ3n) is 13.0. The highest BCUT2D eigenvalue weighted by Crippen LogP contribution is 2.43. The molecule has 10 rings (SSSR count). The van der Waals surface area contributed by atoms with Crippen LogP contribution >= 0.6 is 0 Å². The second-order valence-corrected chi connectivity index (χ2v) is 21.2. The summed E-state index contributed by atoms with van der Waals surface area (Å²) in [5.41, 5.74) is 17.2. The fourth-order valence-corrected chi connectivity index (χ4v) is 16.2. The topological polar surface area (TPSA) is 12.5 Å². The Labute approximate surface area is 340 Å². The molecule has 0 fully saturated rings. The largest absolute Gasteiger partial charge is 0.458 e. The number of anilines is 3. The number of hydrogen-bond acceptors (Lipinski definition) is 2. The molecule has 0 bridgehead atoms. The quantitative estimate of drug-likeness (QED) is 0.163. The molecule has 3 aliphatic rings. The van der Waals surface area contributed by atoms with E-state index in [4.69, 9.17) is 4.74 Å². The highest BCUT2D eigenvalue weighted by Gasteiger charge is 2.54. The third-order valence-corrected chi connectivity index (χ3v) is 17.9. The number of hydrogen-bond donors (Lipinski definition) is 0. The predicted octanol–water partition coefficient (Wildman–Crippen LogP) is 9.44. The summed E-state index contributed by atoms with van der Waals surface area (Å²) >= 11 is 0. The molecule has 57 heavy (non-hydrogen) atoms. The molecule has 0 aromatic heterocycles. The van der Waals surface area contributed by atoms with E-state index in [1.165, 1.54) is 93.1 Å². The lowest BCUT2D eigenvalue weighted by atomic mass is 9.33. The Balaban J connectivity index is 1.32. The zero-order chi connectivity index (χ0) is 39.3. The zero-order valence-electron chi connectivity index (χ0n) is 34.4. The summed E-state index contributed by atoms with van der Waals surface area (Å²) in [4.78, 5) is 2.61. The minimum Gasteiger partial charge on any atom is -0.458 e. The molecule has 0 saturated heterocycles. The van der Waals surface area contributed by atoms with Crippen LogP contribution in [0.3, 0.4) is 0 Å². The Kier molecular flexibility index (Phi) is 8.32. The molecule has 0 amide bonds. The summed E-state index contributed by atoms with van der Waals surface area (Å²) in [7, 11) is -2.75. The van der Waals surface area contributed by atoms with Crippen molar-refractivity contribution in [1.29, 1.82) is 0 Å². The van der Waals surface area contributed by atoms with Gasteiger partial charge in [-0.05, 0) is 121 Å². The minimum absolute atomic E-state index is 0.0268. The number of fused-ring (bicyclic) bond motifs is 11. The highest BCUT2D eigenvalue weighted by atomic mass is 28.3. The average Bonchev–Trinajstić information content (AvgIpc) is 3.50. The average molecular weight is 756 g/mol. The van der Waals surface area contributed by atoms with Gasteiger partial charge in [-0.25, -0.2) is 0 Å². The molecule has 3 heterocycles. The fourth-order valence-electron chi connectivity index (χ4n) is 10.5.